The van der Waals surface area contributed by atoms with Crippen LogP contribution >= 0.6 is 0 Å². The fourth-order valence-corrected chi connectivity index (χ4v) is 6.30. The third-order valence-corrected chi connectivity index (χ3v) is 9.98. The largest absolute Gasteiger partial charge is 0.348 e. The number of rotatable bonds is 10. The van der Waals surface area contributed by atoms with Gasteiger partial charge in [0.15, 0.2) is 0 Å². The summed E-state index contributed by atoms with van der Waals surface area (Å²) in [6, 6.07) is 12.5. The minimum atomic E-state index is -3.50. The summed E-state index contributed by atoms with van der Waals surface area (Å²) in [6.45, 7) is 11.2. The molecule has 4 rings (SSSR count). The first kappa shape index (κ1) is 32.0. The molecule has 43 heavy (non-hydrogen) atoms. The number of benzene rings is 2. The van der Waals surface area contributed by atoms with Gasteiger partial charge in [-0.2, -0.15) is 0 Å². The van der Waals surface area contributed by atoms with Crippen molar-refractivity contribution >= 4 is 33.2 Å². The summed E-state index contributed by atoms with van der Waals surface area (Å²) in [5.74, 6) is -0.331. The van der Waals surface area contributed by atoms with Crippen LogP contribution in [-0.2, 0) is 21.4 Å². The Kier molecular flexibility index (Phi) is 9.79. The van der Waals surface area contributed by atoms with Gasteiger partial charge in [0.1, 0.15) is 0 Å². The van der Waals surface area contributed by atoms with Crippen molar-refractivity contribution in [3.8, 4) is 11.1 Å². The molecule has 2 amide bonds. The van der Waals surface area contributed by atoms with Crippen molar-refractivity contribution in [1.29, 1.82) is 0 Å². The number of H-pyrrole nitrogens is 1. The maximum absolute atomic E-state index is 13.7. The maximum Gasteiger partial charge on any atom is 0.253 e. The molecule has 0 unspecified atom stereocenters. The number of carbonyl (C=O) groups excluding carboxylic acids is 2. The molecule has 0 bridgehead atoms. The molecular weight excluding hydrogens is 564 g/mol. The van der Waals surface area contributed by atoms with E-state index in [1.165, 1.54) is 0 Å². The van der Waals surface area contributed by atoms with Crippen LogP contribution in [0.5, 0.6) is 0 Å². The lowest BCUT2D eigenvalue weighted by molar-refractivity contribution is -0.122. The van der Waals surface area contributed by atoms with Gasteiger partial charge >= 0.3 is 0 Å². The number of aromatic nitrogens is 1. The van der Waals surface area contributed by atoms with Gasteiger partial charge in [-0.1, -0.05) is 25.0 Å². The van der Waals surface area contributed by atoms with Gasteiger partial charge in [0.05, 0.1) is 5.25 Å². The van der Waals surface area contributed by atoms with E-state index in [9.17, 15) is 22.8 Å². The van der Waals surface area contributed by atoms with Gasteiger partial charge in [-0.15, -0.1) is 0 Å². The highest BCUT2D eigenvalue weighted by molar-refractivity contribution is 7.93. The molecule has 0 aliphatic heterocycles. The lowest BCUT2D eigenvalue weighted by atomic mass is 9.95. The highest BCUT2D eigenvalue weighted by atomic mass is 32.2. The smallest absolute Gasteiger partial charge is 0.253 e. The summed E-state index contributed by atoms with van der Waals surface area (Å²) in [4.78, 5) is 44.4. The molecule has 0 radical (unpaired) electrons. The number of pyridine rings is 1. The van der Waals surface area contributed by atoms with E-state index in [0.717, 1.165) is 42.5 Å². The van der Waals surface area contributed by atoms with Crippen LogP contribution in [-0.4, -0.2) is 37.0 Å². The van der Waals surface area contributed by atoms with E-state index in [2.05, 4.69) is 15.0 Å². The monoisotopic (exact) mass is 606 g/mol. The van der Waals surface area contributed by atoms with Crippen molar-refractivity contribution in [2.24, 2.45) is 5.92 Å². The molecule has 1 fully saturated rings. The molecule has 0 saturated heterocycles. The Hall–Kier alpha value is -3.92. The van der Waals surface area contributed by atoms with Crippen LogP contribution in [0, 0.1) is 26.7 Å². The van der Waals surface area contributed by atoms with Crippen LogP contribution < -0.4 is 20.5 Å². The van der Waals surface area contributed by atoms with Gasteiger partial charge in [-0.25, -0.2) is 8.42 Å². The number of nitrogens with zero attached hydrogens (tertiary/aromatic N) is 1. The van der Waals surface area contributed by atoms with Crippen molar-refractivity contribution in [3.05, 3.63) is 80.8 Å². The Labute approximate surface area is 254 Å². The molecule has 3 aromatic rings. The Morgan fingerprint density at radius 3 is 2.23 bits per heavy atom. The second-order valence-electron chi connectivity index (χ2n) is 11.6. The molecule has 10 heteroatoms. The van der Waals surface area contributed by atoms with E-state index in [1.807, 2.05) is 39.8 Å². The topological polar surface area (TPSA) is 128 Å². The van der Waals surface area contributed by atoms with E-state index in [4.69, 9.17) is 0 Å². The van der Waals surface area contributed by atoms with Gasteiger partial charge in [0.2, 0.25) is 15.9 Å². The summed E-state index contributed by atoms with van der Waals surface area (Å²) in [7, 11) is -3.50. The predicted molar refractivity (Wildman–Crippen MR) is 172 cm³/mol. The standard InChI is InChI=1S/C33H42N4O5S/c1-7-37(33(40)25-10-8-9-11-25)30-18-26(24-12-14-27(15-13-24)36-43(41,42)20(2)3)17-28(23(30)6)31(38)34-19-29-21(4)16-22(5)35-32(29)39/h12-18,20,25,36H,7-11,19H2,1-6H3,(H,34,38)(H,35,39). The van der Waals surface area contributed by atoms with E-state index in [-0.39, 0.29) is 29.8 Å². The molecule has 1 heterocycles. The number of aryl methyl sites for hydroxylation is 2. The molecule has 0 atom stereocenters. The Balaban J connectivity index is 1.74. The zero-order valence-corrected chi connectivity index (χ0v) is 26.7. The Morgan fingerprint density at radius 1 is 1.00 bits per heavy atom. The lowest BCUT2D eigenvalue weighted by Gasteiger charge is -2.28. The number of nitrogens with one attached hydrogen (secondary N) is 3. The van der Waals surface area contributed by atoms with E-state index >= 15 is 0 Å². The van der Waals surface area contributed by atoms with E-state index in [0.29, 0.717) is 40.2 Å². The van der Waals surface area contributed by atoms with Gasteiger partial charge < -0.3 is 15.2 Å². The van der Waals surface area contributed by atoms with Crippen LogP contribution in [0.25, 0.3) is 11.1 Å². The average Bonchev–Trinajstić information content (AvgIpc) is 3.49. The van der Waals surface area contributed by atoms with Gasteiger partial charge in [-0.05, 0) is 107 Å². The van der Waals surface area contributed by atoms with Gasteiger partial charge in [0.25, 0.3) is 11.5 Å². The van der Waals surface area contributed by atoms with Crippen molar-refractivity contribution < 1.29 is 18.0 Å². The summed E-state index contributed by atoms with van der Waals surface area (Å²) < 4.78 is 27.3. The van der Waals surface area contributed by atoms with Crippen LogP contribution in [0.4, 0.5) is 11.4 Å². The summed E-state index contributed by atoms with van der Waals surface area (Å²) >= 11 is 0. The summed E-state index contributed by atoms with van der Waals surface area (Å²) in [5, 5.41) is 2.33. The lowest BCUT2D eigenvalue weighted by Crippen LogP contribution is -2.36. The first-order chi connectivity index (χ1) is 20.3. The van der Waals surface area contributed by atoms with E-state index < -0.39 is 15.3 Å². The van der Waals surface area contributed by atoms with E-state index in [1.54, 1.807) is 49.1 Å². The van der Waals surface area contributed by atoms with Gasteiger partial charge in [-0.3, -0.25) is 19.1 Å². The third-order valence-electron chi connectivity index (χ3n) is 8.22. The summed E-state index contributed by atoms with van der Waals surface area (Å²) in [6.07, 6.45) is 3.79. The van der Waals surface area contributed by atoms with Crippen molar-refractivity contribution in [2.45, 2.75) is 79.0 Å². The van der Waals surface area contributed by atoms with Crippen LogP contribution in [0.15, 0.2) is 47.3 Å². The molecule has 1 aromatic heterocycles. The first-order valence-corrected chi connectivity index (χ1v) is 16.4. The minimum absolute atomic E-state index is 0.0372. The molecule has 1 saturated carbocycles. The normalized spacial score (nSPS) is 13.7. The maximum atomic E-state index is 13.7. The second-order valence-corrected chi connectivity index (χ2v) is 13.9. The molecule has 3 N–H and O–H groups in total. The van der Waals surface area contributed by atoms with Crippen molar-refractivity contribution in [3.63, 3.8) is 0 Å². The van der Waals surface area contributed by atoms with Crippen molar-refractivity contribution in [2.75, 3.05) is 16.2 Å². The predicted octanol–water partition coefficient (Wildman–Crippen LogP) is 5.59. The quantitative estimate of drug-likeness (QED) is 0.277. The number of aromatic amines is 1. The molecule has 9 nitrogen and oxygen atoms in total. The molecule has 2 aromatic carbocycles. The third kappa shape index (κ3) is 7.18. The number of anilines is 2. The Morgan fingerprint density at radius 2 is 1.65 bits per heavy atom. The molecule has 1 aliphatic carbocycles. The fraction of sp³-hybridized carbons (Fsp3) is 0.424. The zero-order valence-electron chi connectivity index (χ0n) is 25.8. The number of carbonyl (C=O) groups is 2. The number of hydrogen-bond donors (Lipinski definition) is 3. The van der Waals surface area contributed by atoms with Crippen LogP contribution in [0.3, 0.4) is 0 Å². The zero-order chi connectivity index (χ0) is 31.5. The Bertz CT molecular complexity index is 1670. The second kappa shape index (κ2) is 13.2. The first-order valence-electron chi connectivity index (χ1n) is 14.9. The highest BCUT2D eigenvalue weighted by Crippen LogP contribution is 2.35. The van der Waals surface area contributed by atoms with Gasteiger partial charge in [0, 0.05) is 47.2 Å². The van der Waals surface area contributed by atoms with Crippen molar-refractivity contribution in [1.82, 2.24) is 10.3 Å². The van der Waals surface area contributed by atoms with Crippen LogP contribution in [0.1, 0.15) is 79.2 Å². The minimum Gasteiger partial charge on any atom is -0.348 e. The van der Waals surface area contributed by atoms with Crippen LogP contribution in [0.2, 0.25) is 0 Å². The molecule has 1 aliphatic rings. The number of amides is 2. The summed E-state index contributed by atoms with van der Waals surface area (Å²) in [5.41, 5.74) is 5.44. The number of sulfonamides is 1. The average molecular weight is 607 g/mol. The molecule has 0 spiro atoms. The highest BCUT2D eigenvalue weighted by Gasteiger charge is 2.29. The fourth-order valence-electron chi connectivity index (χ4n) is 5.60. The molecule has 230 valence electrons. The SMILES string of the molecule is CCN(C(=O)C1CCCC1)c1cc(-c2ccc(NS(=O)(=O)C(C)C)cc2)cc(C(=O)NCc2c(C)cc(C)[nH]c2=O)c1C. The molecular formula is C33H42N4O5S. The number of hydrogen-bond acceptors (Lipinski definition) is 5.